The molecule has 29 heavy (non-hydrogen) atoms. The van der Waals surface area contributed by atoms with Crippen molar-refractivity contribution in [3.63, 3.8) is 0 Å². The summed E-state index contributed by atoms with van der Waals surface area (Å²) in [6.45, 7) is 4.91. The Balaban J connectivity index is 2.29. The molecule has 0 saturated carbocycles. The molecule has 0 unspecified atom stereocenters. The Morgan fingerprint density at radius 2 is 1.86 bits per heavy atom. The molecule has 0 radical (unpaired) electrons. The van der Waals surface area contributed by atoms with Gasteiger partial charge in [-0.15, -0.1) is 0 Å². The highest BCUT2D eigenvalue weighted by molar-refractivity contribution is 7.92. The van der Waals surface area contributed by atoms with E-state index in [1.807, 2.05) is 0 Å². The summed E-state index contributed by atoms with van der Waals surface area (Å²) in [7, 11) is -3.74. The first-order valence-electron chi connectivity index (χ1n) is 8.85. The number of carbonyl (C=O) groups is 2. The number of esters is 1. The van der Waals surface area contributed by atoms with Crippen molar-refractivity contribution in [3.8, 4) is 0 Å². The molecule has 9 heteroatoms. The van der Waals surface area contributed by atoms with Crippen LogP contribution in [0.3, 0.4) is 0 Å². The number of aryl methyl sites for hydroxylation is 1. The van der Waals surface area contributed by atoms with Gasteiger partial charge in [-0.2, -0.15) is 0 Å². The molecule has 0 atom stereocenters. The maximum Gasteiger partial charge on any atom is 0.338 e. The number of hydrogen-bond donors (Lipinski definition) is 1. The third-order valence-electron chi connectivity index (χ3n) is 4.23. The molecule has 0 spiro atoms. The van der Waals surface area contributed by atoms with Gasteiger partial charge in [-0.1, -0.05) is 23.7 Å². The van der Waals surface area contributed by atoms with Crippen LogP contribution in [0.4, 0.5) is 11.4 Å². The van der Waals surface area contributed by atoms with Gasteiger partial charge in [0.25, 0.3) is 0 Å². The minimum absolute atomic E-state index is 0.233. The van der Waals surface area contributed by atoms with Crippen molar-refractivity contribution in [2.75, 3.05) is 29.0 Å². The van der Waals surface area contributed by atoms with Crippen LogP contribution in [0.2, 0.25) is 5.02 Å². The van der Waals surface area contributed by atoms with Gasteiger partial charge in [0.2, 0.25) is 15.9 Å². The molecular weight excluding hydrogens is 416 g/mol. The number of nitrogens with one attached hydrogen (secondary N) is 1. The number of benzene rings is 2. The Kier molecular flexibility index (Phi) is 7.26. The molecule has 0 fully saturated rings. The summed E-state index contributed by atoms with van der Waals surface area (Å²) in [6.07, 6.45) is 1.02. The van der Waals surface area contributed by atoms with E-state index in [9.17, 15) is 18.0 Å². The van der Waals surface area contributed by atoms with Crippen LogP contribution in [0.15, 0.2) is 36.4 Å². The van der Waals surface area contributed by atoms with Gasteiger partial charge in [-0.3, -0.25) is 9.10 Å². The molecule has 0 aromatic heterocycles. The van der Waals surface area contributed by atoms with E-state index in [1.165, 1.54) is 6.07 Å². The van der Waals surface area contributed by atoms with E-state index in [0.29, 0.717) is 33.1 Å². The number of anilines is 2. The summed E-state index contributed by atoms with van der Waals surface area (Å²) in [6, 6.07) is 9.67. The zero-order chi connectivity index (χ0) is 21.8. The SMILES string of the molecule is CCOC(=O)c1cccc(NC(=O)CN(c2cc(Cl)ccc2C)S(C)(=O)=O)c1C. The first kappa shape index (κ1) is 22.7. The van der Waals surface area contributed by atoms with Crippen LogP contribution >= 0.6 is 11.6 Å². The molecular formula is C20H23ClN2O5S. The number of hydrogen-bond acceptors (Lipinski definition) is 5. The predicted octanol–water partition coefficient (Wildman–Crippen LogP) is 3.54. The maximum atomic E-state index is 12.6. The summed E-state index contributed by atoms with van der Waals surface area (Å²) in [5.74, 6) is -1.05. The average molecular weight is 439 g/mol. The molecule has 1 N–H and O–H groups in total. The lowest BCUT2D eigenvalue weighted by atomic mass is 10.1. The van der Waals surface area contributed by atoms with E-state index in [1.54, 1.807) is 51.1 Å². The Bertz CT molecular complexity index is 1040. The highest BCUT2D eigenvalue weighted by Gasteiger charge is 2.23. The molecule has 2 rings (SSSR count). The van der Waals surface area contributed by atoms with Gasteiger partial charge in [-0.25, -0.2) is 13.2 Å². The number of halogens is 1. The van der Waals surface area contributed by atoms with E-state index < -0.39 is 28.4 Å². The molecule has 0 aliphatic carbocycles. The van der Waals surface area contributed by atoms with E-state index >= 15 is 0 Å². The molecule has 0 bridgehead atoms. The molecule has 156 valence electrons. The van der Waals surface area contributed by atoms with Crippen molar-refractivity contribution in [3.05, 3.63) is 58.1 Å². The lowest BCUT2D eigenvalue weighted by Crippen LogP contribution is -2.38. The van der Waals surface area contributed by atoms with Gasteiger partial charge in [0.15, 0.2) is 0 Å². The largest absolute Gasteiger partial charge is 0.462 e. The zero-order valence-corrected chi connectivity index (χ0v) is 18.2. The number of sulfonamides is 1. The first-order chi connectivity index (χ1) is 13.5. The Hall–Kier alpha value is -2.58. The second-order valence-electron chi connectivity index (χ2n) is 6.45. The van der Waals surface area contributed by atoms with E-state index in [0.717, 1.165) is 10.6 Å². The van der Waals surface area contributed by atoms with Gasteiger partial charge < -0.3 is 10.1 Å². The van der Waals surface area contributed by atoms with Crippen molar-refractivity contribution >= 4 is 44.9 Å². The number of nitrogens with zero attached hydrogens (tertiary/aromatic N) is 1. The molecule has 0 aliphatic rings. The summed E-state index contributed by atoms with van der Waals surface area (Å²) in [5.41, 5.74) is 2.25. The van der Waals surface area contributed by atoms with Crippen LogP contribution in [0.1, 0.15) is 28.4 Å². The monoisotopic (exact) mass is 438 g/mol. The number of ether oxygens (including phenoxy) is 1. The van der Waals surface area contributed by atoms with Crippen molar-refractivity contribution in [1.29, 1.82) is 0 Å². The third kappa shape index (κ3) is 5.71. The fraction of sp³-hybridized carbons (Fsp3) is 0.300. The van der Waals surface area contributed by atoms with Gasteiger partial charge in [0.1, 0.15) is 6.54 Å². The number of rotatable bonds is 7. The van der Waals surface area contributed by atoms with Crippen molar-refractivity contribution in [2.45, 2.75) is 20.8 Å². The minimum Gasteiger partial charge on any atom is -0.462 e. The van der Waals surface area contributed by atoms with Gasteiger partial charge in [-0.05, 0) is 56.2 Å². The highest BCUT2D eigenvalue weighted by Crippen LogP contribution is 2.26. The van der Waals surface area contributed by atoms with Crippen LogP contribution < -0.4 is 9.62 Å². The molecule has 2 aromatic rings. The minimum atomic E-state index is -3.74. The first-order valence-corrected chi connectivity index (χ1v) is 11.1. The van der Waals surface area contributed by atoms with Crippen molar-refractivity contribution in [1.82, 2.24) is 0 Å². The molecule has 1 amide bonds. The highest BCUT2D eigenvalue weighted by atomic mass is 35.5. The second kappa shape index (κ2) is 9.28. The van der Waals surface area contributed by atoms with Gasteiger partial charge in [0, 0.05) is 10.7 Å². The summed E-state index contributed by atoms with van der Waals surface area (Å²) in [4.78, 5) is 24.7. The molecule has 0 saturated heterocycles. The summed E-state index contributed by atoms with van der Waals surface area (Å²) in [5, 5.41) is 3.03. The Morgan fingerprint density at radius 3 is 2.48 bits per heavy atom. The fourth-order valence-electron chi connectivity index (χ4n) is 2.75. The van der Waals surface area contributed by atoms with Crippen molar-refractivity contribution in [2.24, 2.45) is 0 Å². The third-order valence-corrected chi connectivity index (χ3v) is 5.59. The lowest BCUT2D eigenvalue weighted by Gasteiger charge is -2.24. The molecule has 7 nitrogen and oxygen atoms in total. The Morgan fingerprint density at radius 1 is 1.17 bits per heavy atom. The zero-order valence-electron chi connectivity index (χ0n) is 16.7. The fourth-order valence-corrected chi connectivity index (χ4v) is 3.83. The second-order valence-corrected chi connectivity index (χ2v) is 8.79. The lowest BCUT2D eigenvalue weighted by molar-refractivity contribution is -0.114. The maximum absolute atomic E-state index is 12.6. The van der Waals surface area contributed by atoms with Crippen molar-refractivity contribution < 1.29 is 22.7 Å². The normalized spacial score (nSPS) is 11.1. The molecule has 0 heterocycles. The Labute approximate surface area is 175 Å². The summed E-state index contributed by atoms with van der Waals surface area (Å²) < 4.78 is 30.6. The topological polar surface area (TPSA) is 92.8 Å². The van der Waals surface area contributed by atoms with E-state index in [2.05, 4.69) is 5.32 Å². The smallest absolute Gasteiger partial charge is 0.338 e. The average Bonchev–Trinajstić information content (AvgIpc) is 2.63. The van der Waals surface area contributed by atoms with Crippen LogP contribution in [0.5, 0.6) is 0 Å². The van der Waals surface area contributed by atoms with Crippen LogP contribution in [-0.4, -0.2) is 39.7 Å². The van der Waals surface area contributed by atoms with Crippen LogP contribution in [-0.2, 0) is 19.6 Å². The predicted molar refractivity (Wildman–Crippen MR) is 114 cm³/mol. The van der Waals surface area contributed by atoms with Gasteiger partial charge in [0.05, 0.1) is 24.1 Å². The molecule has 0 aliphatic heterocycles. The number of carbonyl (C=O) groups excluding carboxylic acids is 2. The standard InChI is InChI=1S/C20H23ClN2O5S/c1-5-28-20(25)16-7-6-8-17(14(16)3)22-19(24)12-23(29(4,26)27)18-11-15(21)10-9-13(18)2/h6-11H,5,12H2,1-4H3,(H,22,24). The van der Waals surface area contributed by atoms with E-state index in [4.69, 9.17) is 16.3 Å². The number of amides is 1. The summed E-state index contributed by atoms with van der Waals surface area (Å²) >= 11 is 6.00. The van der Waals surface area contributed by atoms with Gasteiger partial charge >= 0.3 is 5.97 Å². The van der Waals surface area contributed by atoms with Crippen LogP contribution in [0, 0.1) is 13.8 Å². The van der Waals surface area contributed by atoms with Crippen LogP contribution in [0.25, 0.3) is 0 Å². The molecule has 2 aromatic carbocycles. The quantitative estimate of drug-likeness (QED) is 0.667. The van der Waals surface area contributed by atoms with E-state index in [-0.39, 0.29) is 6.61 Å².